The van der Waals surface area contributed by atoms with Gasteiger partial charge in [0, 0.05) is 12.8 Å². The molecule has 2 rings (SSSR count). The number of nitrogens with one attached hydrogen (secondary N) is 1. The normalized spacial score (nSPS) is 27.9. The number of Topliss-reactive ketones (excluding diaryl/α,β-unsaturated/α-hetero) is 1. The van der Waals surface area contributed by atoms with Gasteiger partial charge in [-0.25, -0.2) is 4.79 Å². The van der Waals surface area contributed by atoms with Crippen molar-refractivity contribution < 1.29 is 34.2 Å². The Morgan fingerprint density at radius 2 is 2.16 bits per heavy atom. The standard InChI is InChI=1S/C10H15NO2.C2H2O4/c1-11(2)7-10-4-3-9(13-10)5-8(12)6-10;3-1(4)2(5)6/h3-4,9H,5-7H2,1-2H3;(H,3,4)(H,5,6). The fourth-order valence-corrected chi connectivity index (χ4v) is 2.26. The maximum atomic E-state index is 11.4. The molecular formula is C12H17NO6. The van der Waals surface area contributed by atoms with Gasteiger partial charge in [-0.15, -0.1) is 0 Å². The Hall–Kier alpha value is -1.73. The van der Waals surface area contributed by atoms with E-state index < -0.39 is 11.9 Å². The minimum absolute atomic E-state index is 0.0561. The summed E-state index contributed by atoms with van der Waals surface area (Å²) in [6.45, 7) is 0.881. The zero-order valence-corrected chi connectivity index (χ0v) is 10.8. The number of carbonyl (C=O) groups is 3. The van der Waals surface area contributed by atoms with E-state index in [4.69, 9.17) is 24.5 Å². The van der Waals surface area contributed by atoms with Gasteiger partial charge in [0.05, 0.1) is 20.2 Å². The lowest BCUT2D eigenvalue weighted by molar-refractivity contribution is -0.864. The molecule has 2 aliphatic rings. The molecule has 2 bridgehead atoms. The SMILES string of the molecule is C[NH+](C)CC12C=CC(CC(=O)C1)O2.O=C([O-])C(=O)O. The van der Waals surface area contributed by atoms with Crippen LogP contribution in [0.1, 0.15) is 12.8 Å². The molecule has 2 N–H and O–H groups in total. The number of likely N-dealkylation sites (N-methyl/N-ethyl adjacent to an activating group) is 1. The maximum absolute atomic E-state index is 11.4. The molecule has 7 heteroatoms. The van der Waals surface area contributed by atoms with E-state index in [9.17, 15) is 4.79 Å². The molecular weight excluding hydrogens is 254 g/mol. The summed E-state index contributed by atoms with van der Waals surface area (Å²) in [6, 6.07) is 0. The molecule has 2 unspecified atom stereocenters. The molecule has 0 radical (unpaired) electrons. The van der Waals surface area contributed by atoms with E-state index in [1.807, 2.05) is 6.08 Å². The summed E-state index contributed by atoms with van der Waals surface area (Å²) in [5.41, 5.74) is -0.279. The van der Waals surface area contributed by atoms with Crippen LogP contribution in [0.5, 0.6) is 0 Å². The Kier molecular flexibility index (Phi) is 4.79. The first-order valence-electron chi connectivity index (χ1n) is 5.86. The first kappa shape index (κ1) is 15.3. The maximum Gasteiger partial charge on any atom is 0.351 e. The predicted octanol–water partition coefficient (Wildman–Crippen LogP) is -2.99. The molecule has 2 aliphatic heterocycles. The Morgan fingerprint density at radius 3 is 2.63 bits per heavy atom. The number of fused-ring (bicyclic) bond motifs is 2. The molecule has 0 saturated carbocycles. The molecule has 7 nitrogen and oxygen atoms in total. The molecule has 0 aromatic rings. The van der Waals surface area contributed by atoms with Gasteiger partial charge in [-0.05, 0) is 6.08 Å². The van der Waals surface area contributed by atoms with Gasteiger partial charge in [-0.2, -0.15) is 0 Å². The van der Waals surface area contributed by atoms with Crippen LogP contribution in [-0.4, -0.2) is 55.2 Å². The highest BCUT2D eigenvalue weighted by atomic mass is 16.5. The van der Waals surface area contributed by atoms with Crippen LogP contribution in [-0.2, 0) is 19.1 Å². The average Bonchev–Trinajstić information content (AvgIpc) is 2.53. The zero-order valence-electron chi connectivity index (χ0n) is 10.8. The van der Waals surface area contributed by atoms with Crippen molar-refractivity contribution in [2.75, 3.05) is 20.6 Å². The van der Waals surface area contributed by atoms with E-state index in [0.717, 1.165) is 6.54 Å². The van der Waals surface area contributed by atoms with Crippen molar-refractivity contribution in [1.82, 2.24) is 0 Å². The van der Waals surface area contributed by atoms with Crippen molar-refractivity contribution in [3.63, 3.8) is 0 Å². The van der Waals surface area contributed by atoms with Crippen LogP contribution in [0, 0.1) is 0 Å². The summed E-state index contributed by atoms with van der Waals surface area (Å²) in [4.78, 5) is 30.7. The van der Waals surface area contributed by atoms with Crippen LogP contribution < -0.4 is 10.0 Å². The van der Waals surface area contributed by atoms with Crippen molar-refractivity contribution in [3.8, 4) is 0 Å². The summed E-state index contributed by atoms with van der Waals surface area (Å²) < 4.78 is 5.81. The number of carboxylic acids is 2. The molecule has 0 amide bonds. The number of ketones is 1. The van der Waals surface area contributed by atoms with E-state index in [1.54, 1.807) is 0 Å². The number of aliphatic carboxylic acids is 2. The minimum Gasteiger partial charge on any atom is -0.539 e. The fourth-order valence-electron chi connectivity index (χ4n) is 2.26. The second kappa shape index (κ2) is 5.94. The second-order valence-corrected chi connectivity index (χ2v) is 4.98. The Balaban J connectivity index is 0.000000258. The smallest absolute Gasteiger partial charge is 0.351 e. The highest BCUT2D eigenvalue weighted by molar-refractivity contribution is 6.26. The van der Waals surface area contributed by atoms with Gasteiger partial charge in [-0.3, -0.25) is 4.79 Å². The zero-order chi connectivity index (χ0) is 14.6. The first-order valence-corrected chi connectivity index (χ1v) is 5.86. The van der Waals surface area contributed by atoms with E-state index in [0.29, 0.717) is 18.6 Å². The lowest BCUT2D eigenvalue weighted by Crippen LogP contribution is -3.08. The van der Waals surface area contributed by atoms with Crippen molar-refractivity contribution >= 4 is 17.7 Å². The van der Waals surface area contributed by atoms with E-state index in [-0.39, 0.29) is 11.7 Å². The number of carbonyl (C=O) groups excluding carboxylic acids is 2. The van der Waals surface area contributed by atoms with Gasteiger partial charge in [0.25, 0.3) is 0 Å². The van der Waals surface area contributed by atoms with Gasteiger partial charge in [0.2, 0.25) is 0 Å². The van der Waals surface area contributed by atoms with Crippen LogP contribution in [0.25, 0.3) is 0 Å². The summed E-state index contributed by atoms with van der Waals surface area (Å²) in [6.07, 6.45) is 5.30. The third kappa shape index (κ3) is 4.46. The van der Waals surface area contributed by atoms with Gasteiger partial charge in [0.15, 0.2) is 5.97 Å². The van der Waals surface area contributed by atoms with Crippen LogP contribution in [0.3, 0.4) is 0 Å². The van der Waals surface area contributed by atoms with Crippen LogP contribution in [0.4, 0.5) is 0 Å². The molecule has 19 heavy (non-hydrogen) atoms. The highest BCUT2D eigenvalue weighted by Crippen LogP contribution is 2.33. The molecule has 1 fully saturated rings. The van der Waals surface area contributed by atoms with Gasteiger partial charge in [-0.1, -0.05) is 6.08 Å². The van der Waals surface area contributed by atoms with Crippen molar-refractivity contribution in [3.05, 3.63) is 12.2 Å². The monoisotopic (exact) mass is 271 g/mol. The van der Waals surface area contributed by atoms with Crippen molar-refractivity contribution in [2.45, 2.75) is 24.5 Å². The number of rotatable bonds is 2. The predicted molar refractivity (Wildman–Crippen MR) is 61.3 cm³/mol. The van der Waals surface area contributed by atoms with E-state index in [2.05, 4.69) is 20.2 Å². The Bertz CT molecular complexity index is 404. The molecule has 1 saturated heterocycles. The summed E-state index contributed by atoms with van der Waals surface area (Å²) >= 11 is 0. The van der Waals surface area contributed by atoms with E-state index in [1.165, 1.54) is 4.90 Å². The molecule has 0 aromatic heterocycles. The lowest BCUT2D eigenvalue weighted by atomic mass is 9.94. The quantitative estimate of drug-likeness (QED) is 0.409. The highest BCUT2D eigenvalue weighted by Gasteiger charge is 2.44. The third-order valence-corrected chi connectivity index (χ3v) is 2.75. The third-order valence-electron chi connectivity index (χ3n) is 2.75. The minimum atomic E-state index is -2.07. The van der Waals surface area contributed by atoms with E-state index >= 15 is 0 Å². The Labute approximate surface area is 110 Å². The van der Waals surface area contributed by atoms with Crippen molar-refractivity contribution in [1.29, 1.82) is 0 Å². The second-order valence-electron chi connectivity index (χ2n) is 4.98. The number of hydrogen-bond acceptors (Lipinski definition) is 5. The Morgan fingerprint density at radius 1 is 1.58 bits per heavy atom. The summed E-state index contributed by atoms with van der Waals surface area (Å²) in [5.74, 6) is -3.67. The first-order chi connectivity index (χ1) is 8.74. The molecule has 0 spiro atoms. The average molecular weight is 271 g/mol. The van der Waals surface area contributed by atoms with Crippen molar-refractivity contribution in [2.24, 2.45) is 0 Å². The number of carboxylic acid groups (broad SMARTS) is 2. The largest absolute Gasteiger partial charge is 0.539 e. The number of quaternary nitrogens is 1. The molecule has 2 atom stereocenters. The number of ether oxygens (including phenoxy) is 1. The van der Waals surface area contributed by atoms with Gasteiger partial charge >= 0.3 is 5.97 Å². The van der Waals surface area contributed by atoms with Crippen LogP contribution in [0.2, 0.25) is 0 Å². The van der Waals surface area contributed by atoms with Gasteiger partial charge in [0.1, 0.15) is 17.9 Å². The van der Waals surface area contributed by atoms with Crippen LogP contribution in [0.15, 0.2) is 12.2 Å². The molecule has 2 heterocycles. The van der Waals surface area contributed by atoms with Crippen LogP contribution >= 0.6 is 0 Å². The summed E-state index contributed by atoms with van der Waals surface area (Å²) in [5, 5.41) is 16.3. The molecule has 106 valence electrons. The summed E-state index contributed by atoms with van der Waals surface area (Å²) in [7, 11) is 4.16. The topological polar surface area (TPSA) is 108 Å². The number of hydrogen-bond donors (Lipinski definition) is 2. The molecule has 0 aromatic carbocycles. The fraction of sp³-hybridized carbons (Fsp3) is 0.583. The molecule has 0 aliphatic carbocycles. The van der Waals surface area contributed by atoms with Gasteiger partial charge < -0.3 is 24.6 Å². The lowest BCUT2D eigenvalue weighted by Gasteiger charge is -2.32.